The summed E-state index contributed by atoms with van der Waals surface area (Å²) < 4.78 is 0. The number of hydrogen-bond donors (Lipinski definition) is 2. The molecule has 28 heavy (non-hydrogen) atoms. The van der Waals surface area contributed by atoms with Gasteiger partial charge >= 0.3 is 0 Å². The van der Waals surface area contributed by atoms with E-state index in [-0.39, 0.29) is 16.9 Å². The maximum Gasteiger partial charge on any atom is 0.258 e. The molecule has 0 saturated heterocycles. The molecule has 0 fully saturated rings. The summed E-state index contributed by atoms with van der Waals surface area (Å²) in [5.41, 5.74) is 2.57. The molecule has 3 aromatic carbocycles. The van der Waals surface area contributed by atoms with Gasteiger partial charge in [0.05, 0.1) is 0 Å². The molecule has 6 heteroatoms. The lowest BCUT2D eigenvalue weighted by Crippen LogP contribution is -2.34. The Morgan fingerprint density at radius 2 is 1.36 bits per heavy atom. The van der Waals surface area contributed by atoms with Crippen molar-refractivity contribution in [3.05, 3.63) is 96.1 Å². The van der Waals surface area contributed by atoms with E-state index in [0.29, 0.717) is 16.8 Å². The zero-order valence-electron chi connectivity index (χ0n) is 15.3. The Balaban J connectivity index is 1.60. The van der Waals surface area contributed by atoms with E-state index in [2.05, 4.69) is 10.6 Å². The van der Waals surface area contributed by atoms with Crippen molar-refractivity contribution in [1.82, 2.24) is 5.32 Å². The molecule has 0 aliphatic rings. The Bertz CT molecular complexity index is 974. The molecular formula is C22H19N3O2S. The number of thiocarbonyl (C=S) groups is 1. The van der Waals surface area contributed by atoms with Gasteiger partial charge in [-0.1, -0.05) is 36.4 Å². The van der Waals surface area contributed by atoms with Gasteiger partial charge in [0.2, 0.25) is 0 Å². The lowest BCUT2D eigenvalue weighted by Gasteiger charge is -2.17. The van der Waals surface area contributed by atoms with Gasteiger partial charge in [-0.05, 0) is 60.7 Å². The molecule has 0 spiro atoms. The van der Waals surface area contributed by atoms with Gasteiger partial charge < -0.3 is 10.2 Å². The van der Waals surface area contributed by atoms with E-state index < -0.39 is 0 Å². The molecule has 0 saturated carbocycles. The van der Waals surface area contributed by atoms with Crippen LogP contribution in [0.4, 0.5) is 11.4 Å². The first-order chi connectivity index (χ1) is 13.5. The molecule has 3 aromatic rings. The van der Waals surface area contributed by atoms with E-state index in [1.807, 2.05) is 36.4 Å². The van der Waals surface area contributed by atoms with Crippen LogP contribution in [0.2, 0.25) is 0 Å². The molecule has 0 bridgehead atoms. The normalized spacial score (nSPS) is 10.0. The minimum absolute atomic E-state index is 0.113. The third-order valence-electron chi connectivity index (χ3n) is 4.10. The molecule has 0 heterocycles. The van der Waals surface area contributed by atoms with Gasteiger partial charge in [0.15, 0.2) is 5.11 Å². The van der Waals surface area contributed by atoms with Gasteiger partial charge in [-0.2, -0.15) is 0 Å². The summed E-state index contributed by atoms with van der Waals surface area (Å²) >= 11 is 5.18. The second-order valence-electron chi connectivity index (χ2n) is 6.05. The lowest BCUT2D eigenvalue weighted by molar-refractivity contribution is 0.0974. The number of nitrogens with one attached hydrogen (secondary N) is 2. The van der Waals surface area contributed by atoms with Crippen LogP contribution in [0.1, 0.15) is 20.7 Å². The quantitative estimate of drug-likeness (QED) is 0.660. The van der Waals surface area contributed by atoms with Crippen LogP contribution in [0.25, 0.3) is 0 Å². The summed E-state index contributed by atoms with van der Waals surface area (Å²) in [5.74, 6) is -0.396. The number of hydrogen-bond acceptors (Lipinski definition) is 3. The van der Waals surface area contributed by atoms with Crippen molar-refractivity contribution in [3.63, 3.8) is 0 Å². The fourth-order valence-corrected chi connectivity index (χ4v) is 2.80. The highest BCUT2D eigenvalue weighted by molar-refractivity contribution is 7.80. The number of para-hydroxylation sites is 1. The van der Waals surface area contributed by atoms with Crippen molar-refractivity contribution >= 4 is 40.5 Å². The Hall–Kier alpha value is -3.51. The van der Waals surface area contributed by atoms with Crippen LogP contribution >= 0.6 is 12.2 Å². The number of rotatable bonds is 4. The van der Waals surface area contributed by atoms with Gasteiger partial charge in [-0.3, -0.25) is 14.9 Å². The number of benzene rings is 3. The zero-order chi connectivity index (χ0) is 19.9. The van der Waals surface area contributed by atoms with E-state index in [9.17, 15) is 9.59 Å². The Kier molecular flexibility index (Phi) is 6.14. The first-order valence-electron chi connectivity index (χ1n) is 8.65. The second-order valence-corrected chi connectivity index (χ2v) is 6.46. The number of carbonyl (C=O) groups excluding carboxylic acids is 2. The predicted molar refractivity (Wildman–Crippen MR) is 116 cm³/mol. The lowest BCUT2D eigenvalue weighted by atomic mass is 10.1. The topological polar surface area (TPSA) is 61.4 Å². The van der Waals surface area contributed by atoms with E-state index in [0.717, 1.165) is 5.69 Å². The van der Waals surface area contributed by atoms with Gasteiger partial charge in [0.1, 0.15) is 0 Å². The molecular weight excluding hydrogens is 370 g/mol. The van der Waals surface area contributed by atoms with E-state index in [4.69, 9.17) is 12.2 Å². The van der Waals surface area contributed by atoms with Crippen LogP contribution in [0.5, 0.6) is 0 Å². The van der Waals surface area contributed by atoms with E-state index in [1.54, 1.807) is 60.5 Å². The van der Waals surface area contributed by atoms with Crippen molar-refractivity contribution in [1.29, 1.82) is 0 Å². The molecule has 2 amide bonds. The average Bonchev–Trinajstić information content (AvgIpc) is 2.74. The van der Waals surface area contributed by atoms with Crippen molar-refractivity contribution in [2.75, 3.05) is 17.3 Å². The average molecular weight is 389 g/mol. The van der Waals surface area contributed by atoms with Gasteiger partial charge in [-0.15, -0.1) is 0 Å². The third-order valence-corrected chi connectivity index (χ3v) is 4.31. The molecule has 3 rings (SSSR count). The van der Waals surface area contributed by atoms with Crippen molar-refractivity contribution in [2.45, 2.75) is 0 Å². The van der Waals surface area contributed by atoms with Crippen LogP contribution in [0.15, 0.2) is 84.9 Å². The van der Waals surface area contributed by atoms with Crippen molar-refractivity contribution in [3.8, 4) is 0 Å². The van der Waals surface area contributed by atoms with Crippen LogP contribution in [-0.4, -0.2) is 24.0 Å². The summed E-state index contributed by atoms with van der Waals surface area (Å²) in [6, 6.07) is 25.2. The number of amides is 2. The molecule has 140 valence electrons. The van der Waals surface area contributed by atoms with Crippen molar-refractivity contribution < 1.29 is 9.59 Å². The SMILES string of the molecule is CN(C(=O)c1ccc(NC(=S)NC(=O)c2ccccc2)cc1)c1ccccc1. The van der Waals surface area contributed by atoms with Gasteiger partial charge in [0.25, 0.3) is 11.8 Å². The number of carbonyl (C=O) groups is 2. The monoisotopic (exact) mass is 389 g/mol. The Labute approximate surface area is 169 Å². The third kappa shape index (κ3) is 4.81. The summed E-state index contributed by atoms with van der Waals surface area (Å²) in [6.45, 7) is 0. The summed E-state index contributed by atoms with van der Waals surface area (Å²) in [5, 5.41) is 5.76. The van der Waals surface area contributed by atoms with Crippen LogP contribution in [0, 0.1) is 0 Å². The predicted octanol–water partition coefficient (Wildman–Crippen LogP) is 4.09. The van der Waals surface area contributed by atoms with Crippen molar-refractivity contribution in [2.24, 2.45) is 0 Å². The molecule has 0 aliphatic heterocycles. The number of anilines is 2. The maximum atomic E-state index is 12.6. The Morgan fingerprint density at radius 3 is 1.96 bits per heavy atom. The fourth-order valence-electron chi connectivity index (χ4n) is 2.59. The molecule has 5 nitrogen and oxygen atoms in total. The highest BCUT2D eigenvalue weighted by Gasteiger charge is 2.13. The maximum absolute atomic E-state index is 12.6. The highest BCUT2D eigenvalue weighted by Crippen LogP contribution is 2.16. The minimum atomic E-state index is -0.283. The van der Waals surface area contributed by atoms with E-state index >= 15 is 0 Å². The largest absolute Gasteiger partial charge is 0.332 e. The van der Waals surface area contributed by atoms with Crippen LogP contribution < -0.4 is 15.5 Å². The second kappa shape index (κ2) is 8.92. The standard InChI is InChI=1S/C22H19N3O2S/c1-25(19-10-6-3-7-11-19)21(27)17-12-14-18(15-13-17)23-22(28)24-20(26)16-8-4-2-5-9-16/h2-15H,1H3,(H2,23,24,26,28). The van der Waals surface area contributed by atoms with E-state index in [1.165, 1.54) is 0 Å². The van der Waals surface area contributed by atoms with Gasteiger partial charge in [-0.25, -0.2) is 0 Å². The first-order valence-corrected chi connectivity index (χ1v) is 9.06. The smallest absolute Gasteiger partial charge is 0.258 e. The molecule has 0 aliphatic carbocycles. The summed E-state index contributed by atoms with van der Waals surface area (Å²) in [4.78, 5) is 26.3. The molecule has 0 radical (unpaired) electrons. The van der Waals surface area contributed by atoms with Crippen LogP contribution in [0.3, 0.4) is 0 Å². The highest BCUT2D eigenvalue weighted by atomic mass is 32.1. The van der Waals surface area contributed by atoms with Gasteiger partial charge in [0, 0.05) is 29.5 Å². The summed E-state index contributed by atoms with van der Waals surface area (Å²) in [7, 11) is 1.73. The Morgan fingerprint density at radius 1 is 0.786 bits per heavy atom. The molecule has 0 unspecified atom stereocenters. The molecule has 2 N–H and O–H groups in total. The zero-order valence-corrected chi connectivity index (χ0v) is 16.1. The van der Waals surface area contributed by atoms with Crippen LogP contribution in [-0.2, 0) is 0 Å². The molecule has 0 aromatic heterocycles. The first kappa shape index (κ1) is 19.3. The fraction of sp³-hybridized carbons (Fsp3) is 0.0455. The minimum Gasteiger partial charge on any atom is -0.332 e. The molecule has 0 atom stereocenters. The number of nitrogens with zero attached hydrogens (tertiary/aromatic N) is 1. The summed E-state index contributed by atoms with van der Waals surface area (Å²) in [6.07, 6.45) is 0.